The number of hydrogen-bond donors (Lipinski definition) is 0. The molecule has 4 aromatic carbocycles. The first-order valence-corrected chi connectivity index (χ1v) is 14.8. The summed E-state index contributed by atoms with van der Waals surface area (Å²) in [7, 11) is 0. The van der Waals surface area contributed by atoms with Gasteiger partial charge in [-0.2, -0.15) is 0 Å². The van der Waals surface area contributed by atoms with E-state index in [9.17, 15) is 0 Å². The molecular weight excluding hydrogens is 496 g/mol. The summed E-state index contributed by atoms with van der Waals surface area (Å²) in [6.07, 6.45) is 11.5. The minimum Gasteiger partial charge on any atom is -0.312 e. The Hall–Kier alpha value is -4.56. The molecule has 0 bridgehead atoms. The topological polar surface area (TPSA) is 8.17 Å². The van der Waals surface area contributed by atoms with Gasteiger partial charge >= 0.3 is 0 Å². The van der Waals surface area contributed by atoms with E-state index < -0.39 is 0 Å². The lowest BCUT2D eigenvalue weighted by atomic mass is 9.73. The Morgan fingerprint density at radius 3 is 2.46 bits per heavy atom. The number of aromatic nitrogens is 1. The van der Waals surface area contributed by atoms with Gasteiger partial charge in [-0.05, 0) is 91.8 Å². The van der Waals surface area contributed by atoms with Gasteiger partial charge in [-0.1, -0.05) is 91.4 Å². The number of rotatable bonds is 3. The molecule has 2 aliphatic carbocycles. The van der Waals surface area contributed by atoms with Crippen LogP contribution >= 0.6 is 0 Å². The van der Waals surface area contributed by atoms with E-state index >= 15 is 0 Å². The quantitative estimate of drug-likeness (QED) is 0.225. The van der Waals surface area contributed by atoms with Crippen LogP contribution in [0.1, 0.15) is 60.6 Å². The Morgan fingerprint density at radius 1 is 0.780 bits per heavy atom. The van der Waals surface area contributed by atoms with Gasteiger partial charge in [-0.15, -0.1) is 0 Å². The van der Waals surface area contributed by atoms with Crippen molar-refractivity contribution in [3.63, 3.8) is 0 Å². The van der Waals surface area contributed by atoms with E-state index in [-0.39, 0.29) is 5.41 Å². The first-order chi connectivity index (χ1) is 20.0. The first kappa shape index (κ1) is 24.3. The summed E-state index contributed by atoms with van der Waals surface area (Å²) in [4.78, 5) is 2.52. The summed E-state index contributed by atoms with van der Waals surface area (Å²) in [5, 5.41) is 1.37. The van der Waals surface area contributed by atoms with E-state index in [0.717, 1.165) is 12.8 Å². The van der Waals surface area contributed by atoms with E-state index in [1.54, 1.807) is 0 Å². The molecule has 5 aromatic rings. The van der Waals surface area contributed by atoms with Crippen molar-refractivity contribution in [1.29, 1.82) is 0 Å². The molecule has 0 spiro atoms. The van der Waals surface area contributed by atoms with Gasteiger partial charge in [0.05, 0.1) is 11.2 Å². The van der Waals surface area contributed by atoms with Gasteiger partial charge in [0.15, 0.2) is 0 Å². The molecule has 2 atom stereocenters. The van der Waals surface area contributed by atoms with E-state index in [4.69, 9.17) is 0 Å². The average Bonchev–Trinajstić information content (AvgIpc) is 3.47. The molecule has 0 saturated carbocycles. The van der Waals surface area contributed by atoms with Crippen LogP contribution in [0, 0.1) is 6.92 Å². The van der Waals surface area contributed by atoms with E-state index in [0.29, 0.717) is 5.92 Å². The highest BCUT2D eigenvalue weighted by molar-refractivity contribution is 5.94. The third-order valence-electron chi connectivity index (χ3n) is 9.44. The highest BCUT2D eigenvalue weighted by atomic mass is 15.2. The Labute approximate surface area is 242 Å². The fourth-order valence-electron chi connectivity index (χ4n) is 7.55. The molecule has 1 aliphatic heterocycles. The maximum absolute atomic E-state index is 2.52. The van der Waals surface area contributed by atoms with Gasteiger partial charge < -0.3 is 9.47 Å². The average molecular weight is 531 g/mol. The monoisotopic (exact) mass is 530 g/mol. The minimum atomic E-state index is -0.152. The van der Waals surface area contributed by atoms with Crippen LogP contribution in [0.3, 0.4) is 0 Å². The van der Waals surface area contributed by atoms with Gasteiger partial charge in [0.2, 0.25) is 0 Å². The van der Waals surface area contributed by atoms with E-state index in [1.807, 2.05) is 0 Å². The second-order valence-electron chi connectivity index (χ2n) is 12.1. The molecule has 2 heteroatoms. The lowest BCUT2D eigenvalue weighted by Crippen LogP contribution is -2.28. The standard InChI is InChI=1S/C39H34N2/c1-26-12-9-14-28(24-26)31-18-11-23-39(3)33-25-30(21-22-35(33)41(38(31)39)29-15-5-4-6-16-29)40-34-19-8-7-17-32(34)37-27(2)13-10-20-36(37)40/h4-12,14-22,24-25,27H,13,23H2,1-3H3. The van der Waals surface area contributed by atoms with Crippen molar-refractivity contribution in [2.45, 2.75) is 44.9 Å². The molecule has 8 rings (SSSR count). The number of benzene rings is 4. The molecule has 2 nitrogen and oxygen atoms in total. The third-order valence-corrected chi connectivity index (χ3v) is 9.44. The van der Waals surface area contributed by atoms with Crippen LogP contribution in [0.5, 0.6) is 0 Å². The smallest absolute Gasteiger partial charge is 0.0537 e. The normalized spacial score (nSPS) is 20.9. The lowest BCUT2D eigenvalue weighted by Gasteiger charge is -2.34. The predicted octanol–water partition coefficient (Wildman–Crippen LogP) is 10.2. The summed E-state index contributed by atoms with van der Waals surface area (Å²) in [5.41, 5.74) is 14.3. The Bertz CT molecular complexity index is 1930. The van der Waals surface area contributed by atoms with Crippen molar-refractivity contribution in [3.05, 3.63) is 149 Å². The van der Waals surface area contributed by atoms with Crippen molar-refractivity contribution >= 4 is 33.9 Å². The summed E-state index contributed by atoms with van der Waals surface area (Å²) in [5.74, 6) is 0.511. The first-order valence-electron chi connectivity index (χ1n) is 14.8. The number of anilines is 2. The predicted molar refractivity (Wildman–Crippen MR) is 173 cm³/mol. The number of fused-ring (bicyclic) bond motifs is 6. The van der Waals surface area contributed by atoms with Crippen LogP contribution in [0.2, 0.25) is 0 Å². The van der Waals surface area contributed by atoms with Crippen molar-refractivity contribution in [2.75, 3.05) is 4.90 Å². The van der Waals surface area contributed by atoms with Crippen molar-refractivity contribution in [2.24, 2.45) is 0 Å². The molecule has 1 aromatic heterocycles. The molecule has 0 radical (unpaired) electrons. The largest absolute Gasteiger partial charge is 0.312 e. The van der Waals surface area contributed by atoms with Gasteiger partial charge in [-0.3, -0.25) is 0 Å². The van der Waals surface area contributed by atoms with Gasteiger partial charge in [0, 0.05) is 39.1 Å². The van der Waals surface area contributed by atoms with Gasteiger partial charge in [0.25, 0.3) is 0 Å². The van der Waals surface area contributed by atoms with Crippen LogP contribution in [0.25, 0.3) is 28.2 Å². The molecule has 0 amide bonds. The van der Waals surface area contributed by atoms with Gasteiger partial charge in [-0.25, -0.2) is 0 Å². The minimum absolute atomic E-state index is 0.152. The summed E-state index contributed by atoms with van der Waals surface area (Å²) < 4.78 is 2.50. The van der Waals surface area contributed by atoms with E-state index in [1.165, 1.54) is 67.2 Å². The van der Waals surface area contributed by atoms with E-state index in [2.05, 4.69) is 152 Å². The second kappa shape index (κ2) is 8.97. The number of hydrogen-bond acceptors (Lipinski definition) is 1. The number of para-hydroxylation sites is 2. The molecule has 0 N–H and O–H groups in total. The van der Waals surface area contributed by atoms with Crippen molar-refractivity contribution in [3.8, 4) is 5.69 Å². The van der Waals surface area contributed by atoms with Gasteiger partial charge in [0.1, 0.15) is 0 Å². The maximum Gasteiger partial charge on any atom is 0.0537 e. The molecule has 2 unspecified atom stereocenters. The molecule has 3 aliphatic rings. The zero-order chi connectivity index (χ0) is 27.7. The SMILES string of the molecule is Cc1cccc(C2=C3N(c4ccccc4)c4ccc(-n5c6c(c7ccccc75)C(C)CC=C6)cc4C3(C)CC=C2)c1. The summed E-state index contributed by atoms with van der Waals surface area (Å²) in [6, 6.07) is 35.9. The second-order valence-corrected chi connectivity index (χ2v) is 12.1. The Morgan fingerprint density at radius 2 is 1.61 bits per heavy atom. The fourth-order valence-corrected chi connectivity index (χ4v) is 7.55. The molecule has 200 valence electrons. The zero-order valence-corrected chi connectivity index (χ0v) is 23.9. The van der Waals surface area contributed by atoms with Crippen LogP contribution in [0.4, 0.5) is 11.4 Å². The lowest BCUT2D eigenvalue weighted by molar-refractivity contribution is 0.580. The van der Waals surface area contributed by atoms with Crippen LogP contribution in [0.15, 0.2) is 121 Å². The van der Waals surface area contributed by atoms with Crippen molar-refractivity contribution < 1.29 is 0 Å². The molecule has 0 saturated heterocycles. The maximum atomic E-state index is 2.52. The fraction of sp³-hybridized carbons (Fsp3) is 0.179. The highest BCUT2D eigenvalue weighted by Crippen LogP contribution is 2.57. The molecular formula is C39H34N2. The Balaban J connectivity index is 1.40. The highest BCUT2D eigenvalue weighted by Gasteiger charge is 2.46. The Kier molecular flexibility index (Phi) is 5.31. The van der Waals surface area contributed by atoms with Crippen LogP contribution in [-0.4, -0.2) is 4.57 Å². The summed E-state index contributed by atoms with van der Waals surface area (Å²) in [6.45, 7) is 6.99. The third kappa shape index (κ3) is 3.50. The van der Waals surface area contributed by atoms with Crippen LogP contribution < -0.4 is 4.90 Å². The number of allylic oxidation sites excluding steroid dienone is 5. The molecule has 41 heavy (non-hydrogen) atoms. The number of aryl methyl sites for hydroxylation is 1. The van der Waals surface area contributed by atoms with Crippen molar-refractivity contribution in [1.82, 2.24) is 4.57 Å². The summed E-state index contributed by atoms with van der Waals surface area (Å²) >= 11 is 0. The zero-order valence-electron chi connectivity index (χ0n) is 23.9. The molecule has 2 heterocycles. The van der Waals surface area contributed by atoms with Crippen LogP contribution in [-0.2, 0) is 5.41 Å². The molecule has 0 fully saturated rings. The number of nitrogens with zero attached hydrogens (tertiary/aromatic N) is 2.